The fourth-order valence-electron chi connectivity index (χ4n) is 2.68. The number of rotatable bonds is 2. The van der Waals surface area contributed by atoms with Crippen LogP contribution in [-0.4, -0.2) is 5.11 Å². The van der Waals surface area contributed by atoms with Gasteiger partial charge in [-0.2, -0.15) is 0 Å². The molecule has 0 amide bonds. The van der Waals surface area contributed by atoms with Crippen molar-refractivity contribution in [1.29, 1.82) is 0 Å². The lowest BCUT2D eigenvalue weighted by Crippen LogP contribution is -2.06. The van der Waals surface area contributed by atoms with E-state index in [9.17, 15) is 9.50 Å². The van der Waals surface area contributed by atoms with Gasteiger partial charge < -0.3 is 5.11 Å². The summed E-state index contributed by atoms with van der Waals surface area (Å²) in [5.74, 6) is -0.498. The molecule has 0 aliphatic carbocycles. The van der Waals surface area contributed by atoms with Crippen LogP contribution in [0.2, 0.25) is 5.02 Å². The number of halogens is 2. The largest absolute Gasteiger partial charge is 0.383 e. The molecule has 3 heteroatoms. The third-order valence-electron chi connectivity index (χ3n) is 3.74. The summed E-state index contributed by atoms with van der Waals surface area (Å²) in [5.41, 5.74) is 1.72. The first-order valence-corrected chi connectivity index (χ1v) is 7.07. The van der Waals surface area contributed by atoms with Gasteiger partial charge in [-0.1, -0.05) is 54.1 Å². The lowest BCUT2D eigenvalue weighted by Gasteiger charge is -2.18. The van der Waals surface area contributed by atoms with Crippen molar-refractivity contribution in [2.45, 2.75) is 13.0 Å². The van der Waals surface area contributed by atoms with Crippen molar-refractivity contribution in [1.82, 2.24) is 0 Å². The zero-order chi connectivity index (χ0) is 15.0. The molecule has 3 aromatic carbocycles. The van der Waals surface area contributed by atoms with Crippen LogP contribution in [0, 0.1) is 12.7 Å². The molecule has 0 bridgehead atoms. The van der Waals surface area contributed by atoms with Gasteiger partial charge in [-0.25, -0.2) is 4.39 Å². The number of fused-ring (bicyclic) bond motifs is 1. The molecule has 0 radical (unpaired) electrons. The first kappa shape index (κ1) is 14.1. The maximum absolute atomic E-state index is 14.1. The van der Waals surface area contributed by atoms with Crippen molar-refractivity contribution in [3.63, 3.8) is 0 Å². The molecular formula is C18H14ClFO. The molecule has 106 valence electrons. The Kier molecular flexibility index (Phi) is 3.66. The van der Waals surface area contributed by atoms with Gasteiger partial charge in [-0.3, -0.25) is 0 Å². The van der Waals surface area contributed by atoms with E-state index in [1.807, 2.05) is 43.3 Å². The molecule has 3 rings (SSSR count). The van der Waals surface area contributed by atoms with Crippen molar-refractivity contribution >= 4 is 22.4 Å². The fourth-order valence-corrected chi connectivity index (χ4v) is 2.95. The third-order valence-corrected chi connectivity index (χ3v) is 4.06. The zero-order valence-corrected chi connectivity index (χ0v) is 12.2. The van der Waals surface area contributed by atoms with Crippen LogP contribution in [0.5, 0.6) is 0 Å². The smallest absolute Gasteiger partial charge is 0.130 e. The monoisotopic (exact) mass is 300 g/mol. The molecule has 1 nitrogen and oxygen atoms in total. The summed E-state index contributed by atoms with van der Waals surface area (Å²) in [6.07, 6.45) is -1.09. The fraction of sp³-hybridized carbons (Fsp3) is 0.111. The van der Waals surface area contributed by atoms with Gasteiger partial charge in [0.1, 0.15) is 11.9 Å². The van der Waals surface area contributed by atoms with E-state index in [4.69, 9.17) is 11.6 Å². The molecule has 1 unspecified atom stereocenters. The predicted molar refractivity (Wildman–Crippen MR) is 84.2 cm³/mol. The number of hydrogen-bond donors (Lipinski definition) is 1. The van der Waals surface area contributed by atoms with Crippen LogP contribution in [0.4, 0.5) is 4.39 Å². The van der Waals surface area contributed by atoms with Crippen LogP contribution in [0.25, 0.3) is 10.8 Å². The summed E-state index contributed by atoms with van der Waals surface area (Å²) < 4.78 is 14.1. The van der Waals surface area contributed by atoms with Crippen molar-refractivity contribution in [2.75, 3.05) is 0 Å². The SMILES string of the molecule is Cc1ccc2ccccc2c1C(O)c1c(F)cccc1Cl. The molecule has 3 aromatic rings. The molecule has 0 fully saturated rings. The molecule has 1 N–H and O–H groups in total. The normalized spacial score (nSPS) is 12.6. The van der Waals surface area contributed by atoms with Gasteiger partial charge >= 0.3 is 0 Å². The van der Waals surface area contributed by atoms with E-state index in [1.165, 1.54) is 12.1 Å². The van der Waals surface area contributed by atoms with E-state index in [-0.39, 0.29) is 10.6 Å². The summed E-state index contributed by atoms with van der Waals surface area (Å²) in [4.78, 5) is 0. The van der Waals surface area contributed by atoms with E-state index in [0.29, 0.717) is 5.56 Å². The van der Waals surface area contributed by atoms with Crippen molar-refractivity contribution < 1.29 is 9.50 Å². The lowest BCUT2D eigenvalue weighted by atomic mass is 9.92. The first-order valence-electron chi connectivity index (χ1n) is 6.70. The Hall–Kier alpha value is -1.90. The minimum atomic E-state index is -1.09. The highest BCUT2D eigenvalue weighted by molar-refractivity contribution is 6.31. The first-order chi connectivity index (χ1) is 10.1. The van der Waals surface area contributed by atoms with Gasteiger partial charge in [0.15, 0.2) is 0 Å². The molecule has 0 saturated heterocycles. The number of hydrogen-bond acceptors (Lipinski definition) is 1. The number of aliphatic hydroxyl groups is 1. The minimum Gasteiger partial charge on any atom is -0.383 e. The van der Waals surface area contributed by atoms with E-state index >= 15 is 0 Å². The van der Waals surface area contributed by atoms with E-state index in [2.05, 4.69) is 0 Å². The number of aliphatic hydroxyl groups excluding tert-OH is 1. The second kappa shape index (κ2) is 5.47. The second-order valence-corrected chi connectivity index (χ2v) is 5.46. The summed E-state index contributed by atoms with van der Waals surface area (Å²) in [6, 6.07) is 16.1. The number of aryl methyl sites for hydroxylation is 1. The molecule has 0 aromatic heterocycles. The zero-order valence-electron chi connectivity index (χ0n) is 11.5. The van der Waals surface area contributed by atoms with Gasteiger partial charge in [0, 0.05) is 10.6 Å². The van der Waals surface area contributed by atoms with Crippen LogP contribution in [0.3, 0.4) is 0 Å². The summed E-state index contributed by atoms with van der Waals surface area (Å²) in [5, 5.41) is 12.9. The van der Waals surface area contributed by atoms with Crippen molar-refractivity contribution in [2.24, 2.45) is 0 Å². The molecule has 0 saturated carbocycles. The summed E-state index contributed by atoms with van der Waals surface area (Å²) in [7, 11) is 0. The van der Waals surface area contributed by atoms with Crippen molar-refractivity contribution in [3.05, 3.63) is 82.1 Å². The Bertz CT molecular complexity index is 793. The molecular weight excluding hydrogens is 287 g/mol. The minimum absolute atomic E-state index is 0.124. The van der Waals surface area contributed by atoms with E-state index < -0.39 is 11.9 Å². The van der Waals surface area contributed by atoms with Crippen LogP contribution in [-0.2, 0) is 0 Å². The third kappa shape index (κ3) is 2.41. The van der Waals surface area contributed by atoms with Gasteiger partial charge in [0.2, 0.25) is 0 Å². The molecule has 1 atom stereocenters. The topological polar surface area (TPSA) is 20.2 Å². The van der Waals surface area contributed by atoms with Gasteiger partial charge in [-0.05, 0) is 41.0 Å². The van der Waals surface area contributed by atoms with E-state index in [1.54, 1.807) is 6.07 Å². The highest BCUT2D eigenvalue weighted by Gasteiger charge is 2.21. The lowest BCUT2D eigenvalue weighted by molar-refractivity contribution is 0.216. The van der Waals surface area contributed by atoms with Gasteiger partial charge in [0.25, 0.3) is 0 Å². The molecule has 0 spiro atoms. The second-order valence-electron chi connectivity index (χ2n) is 5.06. The van der Waals surface area contributed by atoms with Crippen LogP contribution in [0.15, 0.2) is 54.6 Å². The molecule has 0 aliphatic heterocycles. The highest BCUT2D eigenvalue weighted by atomic mass is 35.5. The predicted octanol–water partition coefficient (Wildman–Crippen LogP) is 5.02. The maximum atomic E-state index is 14.1. The molecule has 0 aliphatic rings. The van der Waals surface area contributed by atoms with Crippen LogP contribution < -0.4 is 0 Å². The highest BCUT2D eigenvalue weighted by Crippen LogP contribution is 2.35. The Balaban J connectivity index is 2.27. The quantitative estimate of drug-likeness (QED) is 0.704. The summed E-state index contributed by atoms with van der Waals surface area (Å²) >= 11 is 6.08. The van der Waals surface area contributed by atoms with Gasteiger partial charge in [0.05, 0.1) is 0 Å². The van der Waals surface area contributed by atoms with Crippen LogP contribution >= 0.6 is 11.6 Å². The van der Waals surface area contributed by atoms with Crippen LogP contribution in [0.1, 0.15) is 22.8 Å². The summed E-state index contributed by atoms with van der Waals surface area (Å²) in [6.45, 7) is 1.90. The van der Waals surface area contributed by atoms with Crippen molar-refractivity contribution in [3.8, 4) is 0 Å². The average molecular weight is 301 g/mol. The maximum Gasteiger partial charge on any atom is 0.130 e. The Morgan fingerprint density at radius 1 is 0.952 bits per heavy atom. The van der Waals surface area contributed by atoms with Gasteiger partial charge in [-0.15, -0.1) is 0 Å². The molecule has 0 heterocycles. The Morgan fingerprint density at radius 3 is 2.48 bits per heavy atom. The molecule has 21 heavy (non-hydrogen) atoms. The number of benzene rings is 3. The Morgan fingerprint density at radius 2 is 1.71 bits per heavy atom. The standard InChI is InChI=1S/C18H14ClFO/c1-11-9-10-12-5-2-3-6-13(12)16(11)18(21)17-14(19)7-4-8-15(17)20/h2-10,18,21H,1H3. The Labute approximate surface area is 127 Å². The average Bonchev–Trinajstić information content (AvgIpc) is 2.46. The van der Waals surface area contributed by atoms with E-state index in [0.717, 1.165) is 16.3 Å².